The van der Waals surface area contributed by atoms with Crippen molar-refractivity contribution in [3.63, 3.8) is 0 Å². The molecule has 0 saturated carbocycles. The monoisotopic (exact) mass is 582 g/mol. The predicted octanol–water partition coefficient (Wildman–Crippen LogP) is 5.85. The second-order valence-electron chi connectivity index (χ2n) is 11.9. The van der Waals surface area contributed by atoms with Crippen LogP contribution in [0.15, 0.2) is 30.5 Å². The molecule has 1 aliphatic heterocycles. The number of aromatic nitrogens is 3. The molecule has 1 saturated heterocycles. The Morgan fingerprint density at radius 1 is 1.12 bits per heavy atom. The molecule has 0 atom stereocenters. The molecule has 41 heavy (non-hydrogen) atoms. The standard InChI is InChI=1S/C30H36ClFN6O3/c1-17-13-23(34-18(2)24(17)28(40)41-8)37-11-12-38(30(6,7)16-37)27(39)22-15-33-26(25(36-22)29(3,4)5)35-19-9-10-20(31)21(32)14-19/h9-10,13-15H,11-12,16H2,1-8H3,(H,33,35). The maximum atomic E-state index is 14.0. The van der Waals surface area contributed by atoms with Crippen LogP contribution in [0, 0.1) is 19.7 Å². The highest BCUT2D eigenvalue weighted by molar-refractivity contribution is 6.30. The molecule has 3 aromatic rings. The van der Waals surface area contributed by atoms with Crippen molar-refractivity contribution >= 4 is 40.8 Å². The number of carbonyl (C=O) groups is 2. The molecule has 9 nitrogen and oxygen atoms in total. The normalized spacial score (nSPS) is 15.1. The number of halogens is 2. The maximum absolute atomic E-state index is 14.0. The summed E-state index contributed by atoms with van der Waals surface area (Å²) in [5.74, 6) is 0.00369. The van der Waals surface area contributed by atoms with Gasteiger partial charge in [0.2, 0.25) is 0 Å². The third-order valence-electron chi connectivity index (χ3n) is 7.13. The average Bonchev–Trinajstić information content (AvgIpc) is 2.88. The van der Waals surface area contributed by atoms with Gasteiger partial charge in [-0.05, 0) is 57.5 Å². The molecule has 0 aliphatic carbocycles. The number of aryl methyl sites for hydroxylation is 2. The van der Waals surface area contributed by atoms with Gasteiger partial charge in [-0.1, -0.05) is 32.4 Å². The fourth-order valence-electron chi connectivity index (χ4n) is 5.07. The molecule has 0 unspecified atom stereocenters. The van der Waals surface area contributed by atoms with Gasteiger partial charge in [-0.2, -0.15) is 0 Å². The van der Waals surface area contributed by atoms with E-state index >= 15 is 0 Å². The Balaban J connectivity index is 1.58. The lowest BCUT2D eigenvalue weighted by Crippen LogP contribution is -2.61. The molecule has 1 aromatic carbocycles. The highest BCUT2D eigenvalue weighted by Crippen LogP contribution is 2.32. The number of nitrogens with one attached hydrogen (secondary N) is 1. The zero-order valence-electron chi connectivity index (χ0n) is 24.7. The summed E-state index contributed by atoms with van der Waals surface area (Å²) in [6, 6.07) is 6.29. The van der Waals surface area contributed by atoms with Crippen molar-refractivity contribution in [2.24, 2.45) is 0 Å². The molecule has 11 heteroatoms. The van der Waals surface area contributed by atoms with Gasteiger partial charge in [0.25, 0.3) is 5.91 Å². The first-order chi connectivity index (χ1) is 19.1. The Morgan fingerprint density at radius 2 is 1.83 bits per heavy atom. The molecule has 1 N–H and O–H groups in total. The fourth-order valence-corrected chi connectivity index (χ4v) is 5.18. The zero-order chi connectivity index (χ0) is 30.3. The molecule has 2 aromatic heterocycles. The second-order valence-corrected chi connectivity index (χ2v) is 12.3. The van der Waals surface area contributed by atoms with Gasteiger partial charge >= 0.3 is 5.97 Å². The summed E-state index contributed by atoms with van der Waals surface area (Å²) >= 11 is 5.82. The number of ether oxygens (including phenoxy) is 1. The predicted molar refractivity (Wildman–Crippen MR) is 158 cm³/mol. The van der Waals surface area contributed by atoms with E-state index in [1.807, 2.05) is 52.5 Å². The molecule has 1 aliphatic rings. The Labute approximate surface area is 245 Å². The number of piperazine rings is 1. The Kier molecular flexibility index (Phi) is 8.27. The van der Waals surface area contributed by atoms with Gasteiger partial charge in [0, 0.05) is 30.7 Å². The van der Waals surface area contributed by atoms with Crippen LogP contribution in [-0.4, -0.2) is 64.0 Å². The average molecular weight is 583 g/mol. The summed E-state index contributed by atoms with van der Waals surface area (Å²) in [5.41, 5.74) is 2.13. The number of carbonyl (C=O) groups excluding carboxylic acids is 2. The van der Waals surface area contributed by atoms with Crippen LogP contribution < -0.4 is 10.2 Å². The van der Waals surface area contributed by atoms with Crippen molar-refractivity contribution in [3.05, 3.63) is 69.5 Å². The van der Waals surface area contributed by atoms with Crippen LogP contribution in [0.5, 0.6) is 0 Å². The first-order valence-electron chi connectivity index (χ1n) is 13.4. The van der Waals surface area contributed by atoms with Crippen LogP contribution in [0.2, 0.25) is 5.02 Å². The van der Waals surface area contributed by atoms with Crippen LogP contribution in [0.3, 0.4) is 0 Å². The number of anilines is 3. The fraction of sp³-hybridized carbons (Fsp3) is 0.433. The van der Waals surface area contributed by atoms with Crippen molar-refractivity contribution in [2.75, 3.05) is 37.0 Å². The number of esters is 1. The van der Waals surface area contributed by atoms with E-state index in [4.69, 9.17) is 21.3 Å². The summed E-state index contributed by atoms with van der Waals surface area (Å²) in [4.78, 5) is 43.9. The first-order valence-corrected chi connectivity index (χ1v) is 13.7. The first kappa shape index (κ1) is 30.2. The molecule has 4 rings (SSSR count). The summed E-state index contributed by atoms with van der Waals surface area (Å²) in [5, 5.41) is 3.15. The summed E-state index contributed by atoms with van der Waals surface area (Å²) in [6.07, 6.45) is 1.45. The van der Waals surface area contributed by atoms with Crippen molar-refractivity contribution in [3.8, 4) is 0 Å². The molecule has 218 valence electrons. The van der Waals surface area contributed by atoms with E-state index in [2.05, 4.69) is 20.2 Å². The Hall–Kier alpha value is -3.79. The lowest BCUT2D eigenvalue weighted by molar-refractivity contribution is 0.0505. The number of amides is 1. The van der Waals surface area contributed by atoms with Crippen LogP contribution in [0.1, 0.15) is 72.4 Å². The molecule has 0 radical (unpaired) electrons. The minimum Gasteiger partial charge on any atom is -0.465 e. The van der Waals surface area contributed by atoms with Gasteiger partial charge in [-0.3, -0.25) is 4.79 Å². The zero-order valence-corrected chi connectivity index (χ0v) is 25.5. The number of rotatable bonds is 5. The second kappa shape index (κ2) is 11.2. The molecule has 3 heterocycles. The summed E-state index contributed by atoms with van der Waals surface area (Å²) in [6.45, 7) is 15.1. The Morgan fingerprint density at radius 3 is 2.41 bits per heavy atom. The van der Waals surface area contributed by atoms with E-state index in [0.29, 0.717) is 48.1 Å². The van der Waals surface area contributed by atoms with Crippen LogP contribution >= 0.6 is 11.6 Å². The molecule has 0 bridgehead atoms. The van der Waals surface area contributed by atoms with Gasteiger partial charge < -0.3 is 19.9 Å². The van der Waals surface area contributed by atoms with E-state index in [9.17, 15) is 14.0 Å². The van der Waals surface area contributed by atoms with Crippen molar-refractivity contribution in [2.45, 2.75) is 59.4 Å². The van der Waals surface area contributed by atoms with Gasteiger partial charge in [0.15, 0.2) is 5.82 Å². The number of pyridine rings is 1. The van der Waals surface area contributed by atoms with Crippen molar-refractivity contribution in [1.29, 1.82) is 0 Å². The van der Waals surface area contributed by atoms with E-state index < -0.39 is 22.7 Å². The minimum absolute atomic E-state index is 0.0283. The van der Waals surface area contributed by atoms with Crippen molar-refractivity contribution in [1.82, 2.24) is 19.9 Å². The lowest BCUT2D eigenvalue weighted by atomic mass is 9.91. The van der Waals surface area contributed by atoms with E-state index in [1.54, 1.807) is 13.0 Å². The van der Waals surface area contributed by atoms with Crippen molar-refractivity contribution < 1.29 is 18.7 Å². The number of benzene rings is 1. The van der Waals surface area contributed by atoms with Gasteiger partial charge in [-0.15, -0.1) is 0 Å². The molecule has 1 fully saturated rings. The SMILES string of the molecule is COC(=O)c1c(C)cc(N2CCN(C(=O)c3cnc(Nc4ccc(Cl)c(F)c4)c(C(C)(C)C)n3)C(C)(C)C2)nc1C. The largest absolute Gasteiger partial charge is 0.465 e. The minimum atomic E-state index is -0.554. The molecule has 1 amide bonds. The van der Waals surface area contributed by atoms with E-state index in [-0.39, 0.29) is 16.6 Å². The van der Waals surface area contributed by atoms with Gasteiger partial charge in [0.05, 0.1) is 40.8 Å². The van der Waals surface area contributed by atoms with Crippen LogP contribution in [0.25, 0.3) is 0 Å². The third kappa shape index (κ3) is 6.27. The quantitative estimate of drug-likeness (QED) is 0.374. The maximum Gasteiger partial charge on any atom is 0.339 e. The Bertz CT molecular complexity index is 1480. The lowest BCUT2D eigenvalue weighted by Gasteiger charge is -2.47. The number of methoxy groups -OCH3 is 1. The molecular formula is C30H36ClFN6O3. The molecular weight excluding hydrogens is 547 g/mol. The number of nitrogens with zero attached hydrogens (tertiary/aromatic N) is 5. The van der Waals surface area contributed by atoms with Gasteiger partial charge in [-0.25, -0.2) is 24.1 Å². The van der Waals surface area contributed by atoms with Gasteiger partial charge in [0.1, 0.15) is 17.3 Å². The van der Waals surface area contributed by atoms with Crippen LogP contribution in [0.4, 0.5) is 21.7 Å². The molecule has 0 spiro atoms. The highest BCUT2D eigenvalue weighted by Gasteiger charge is 2.39. The third-order valence-corrected chi connectivity index (χ3v) is 7.44. The smallest absolute Gasteiger partial charge is 0.339 e. The van der Waals surface area contributed by atoms with E-state index in [0.717, 1.165) is 11.4 Å². The van der Waals surface area contributed by atoms with Crippen LogP contribution in [-0.2, 0) is 10.2 Å². The number of hydrogen-bond acceptors (Lipinski definition) is 8. The summed E-state index contributed by atoms with van der Waals surface area (Å²) < 4.78 is 18.9. The number of hydrogen-bond donors (Lipinski definition) is 1. The topological polar surface area (TPSA) is 101 Å². The van der Waals surface area contributed by atoms with E-state index in [1.165, 1.54) is 25.4 Å². The summed E-state index contributed by atoms with van der Waals surface area (Å²) in [7, 11) is 1.35. The highest BCUT2D eigenvalue weighted by atomic mass is 35.5.